The van der Waals surface area contributed by atoms with Crippen LogP contribution in [0.1, 0.15) is 17.4 Å². The molecule has 1 fully saturated rings. The molecule has 2 heterocycles. The van der Waals surface area contributed by atoms with E-state index < -0.39 is 30.6 Å². The summed E-state index contributed by atoms with van der Waals surface area (Å²) in [6.45, 7) is 1.05. The van der Waals surface area contributed by atoms with Crippen LogP contribution >= 0.6 is 11.6 Å². The number of ether oxygens (including phenoxy) is 4. The van der Waals surface area contributed by atoms with Gasteiger partial charge in [0.2, 0.25) is 0 Å². The number of fused-ring (bicyclic) bond motifs is 1. The number of methoxy groups -OCH3 is 1. The summed E-state index contributed by atoms with van der Waals surface area (Å²) in [6.07, 6.45) is -1.52. The van der Waals surface area contributed by atoms with Crippen LogP contribution in [0.3, 0.4) is 0 Å². The molecule has 188 valence electrons. The third-order valence-electron chi connectivity index (χ3n) is 6.55. The molecule has 0 spiro atoms. The maximum Gasteiger partial charge on any atom is 0.163 e. The minimum absolute atomic E-state index is 0.273. The summed E-state index contributed by atoms with van der Waals surface area (Å²) < 4.78 is 26.5. The van der Waals surface area contributed by atoms with Crippen LogP contribution in [0.15, 0.2) is 91.1 Å². The Morgan fingerprint density at radius 3 is 2.25 bits per heavy atom. The third-order valence-corrected chi connectivity index (χ3v) is 6.85. The van der Waals surface area contributed by atoms with Crippen molar-refractivity contribution in [3.05, 3.63) is 107 Å². The summed E-state index contributed by atoms with van der Waals surface area (Å²) in [6, 6.07) is 27.5. The summed E-state index contributed by atoms with van der Waals surface area (Å²) in [5.74, 6) is 0. The van der Waals surface area contributed by atoms with Crippen molar-refractivity contribution in [2.45, 2.75) is 43.9 Å². The van der Waals surface area contributed by atoms with Crippen molar-refractivity contribution in [1.29, 1.82) is 0 Å². The fraction of sp³-hybridized carbons (Fsp3) is 0.310. The van der Waals surface area contributed by atoms with Gasteiger partial charge in [0.1, 0.15) is 24.4 Å². The van der Waals surface area contributed by atoms with Gasteiger partial charge in [-0.1, -0.05) is 84.4 Å². The first-order valence-electron chi connectivity index (χ1n) is 12.0. The fourth-order valence-electron chi connectivity index (χ4n) is 4.77. The average molecular weight is 508 g/mol. The number of aliphatic hydroxyl groups is 1. The molecule has 4 aromatic rings. The Labute approximate surface area is 215 Å². The van der Waals surface area contributed by atoms with Crippen LogP contribution in [-0.2, 0) is 32.2 Å². The van der Waals surface area contributed by atoms with Gasteiger partial charge in [0.05, 0.1) is 30.4 Å². The van der Waals surface area contributed by atoms with Crippen LogP contribution in [0.5, 0.6) is 0 Å². The molecule has 1 aliphatic heterocycles. The topological polar surface area (TPSA) is 62.1 Å². The highest BCUT2D eigenvalue weighted by Crippen LogP contribution is 2.36. The van der Waals surface area contributed by atoms with Gasteiger partial charge < -0.3 is 28.6 Å². The average Bonchev–Trinajstić information content (AvgIpc) is 3.35. The molecule has 0 saturated carbocycles. The third kappa shape index (κ3) is 5.34. The van der Waals surface area contributed by atoms with Crippen molar-refractivity contribution in [3.63, 3.8) is 0 Å². The van der Waals surface area contributed by atoms with Crippen LogP contribution < -0.4 is 0 Å². The molecule has 5 rings (SSSR count). The molecule has 6 nitrogen and oxygen atoms in total. The van der Waals surface area contributed by atoms with Gasteiger partial charge in [-0.25, -0.2) is 0 Å². The first kappa shape index (κ1) is 25.0. The van der Waals surface area contributed by atoms with E-state index in [0.29, 0.717) is 18.2 Å². The highest BCUT2D eigenvalue weighted by Gasteiger charge is 2.47. The lowest BCUT2D eigenvalue weighted by Crippen LogP contribution is -2.58. The molecule has 0 radical (unpaired) electrons. The lowest BCUT2D eigenvalue weighted by molar-refractivity contribution is -0.271. The first-order valence-corrected chi connectivity index (χ1v) is 12.4. The quantitative estimate of drug-likeness (QED) is 0.330. The Balaban J connectivity index is 1.41. The zero-order valence-corrected chi connectivity index (χ0v) is 20.8. The summed E-state index contributed by atoms with van der Waals surface area (Å²) in [5.41, 5.74) is 2.87. The molecule has 1 aromatic heterocycles. The predicted octanol–water partition coefficient (Wildman–Crippen LogP) is 5.37. The number of nitrogens with zero attached hydrogens (tertiary/aromatic N) is 1. The first-order chi connectivity index (χ1) is 17.7. The summed E-state index contributed by atoms with van der Waals surface area (Å²) in [4.78, 5) is 0. The van der Waals surface area contributed by atoms with E-state index in [1.165, 1.54) is 0 Å². The van der Waals surface area contributed by atoms with E-state index in [-0.39, 0.29) is 6.61 Å². The van der Waals surface area contributed by atoms with E-state index in [4.69, 9.17) is 30.5 Å². The van der Waals surface area contributed by atoms with Crippen molar-refractivity contribution in [3.8, 4) is 0 Å². The minimum atomic E-state index is -1.00. The van der Waals surface area contributed by atoms with Gasteiger partial charge in [-0.15, -0.1) is 0 Å². The fourth-order valence-corrected chi connectivity index (χ4v) is 5.05. The summed E-state index contributed by atoms with van der Waals surface area (Å²) in [7, 11) is 1.60. The Morgan fingerprint density at radius 1 is 0.861 bits per heavy atom. The van der Waals surface area contributed by atoms with E-state index in [2.05, 4.69) is 0 Å². The Hall–Kier alpha value is -2.71. The Bertz CT molecular complexity index is 1250. The molecule has 0 amide bonds. The molecule has 3 aromatic carbocycles. The van der Waals surface area contributed by atoms with Crippen molar-refractivity contribution in [1.82, 2.24) is 4.57 Å². The highest BCUT2D eigenvalue weighted by molar-refractivity contribution is 6.35. The lowest BCUT2D eigenvalue weighted by atomic mass is 9.97. The molecule has 1 N–H and O–H groups in total. The van der Waals surface area contributed by atoms with Gasteiger partial charge >= 0.3 is 0 Å². The van der Waals surface area contributed by atoms with Crippen molar-refractivity contribution >= 4 is 22.5 Å². The summed E-state index contributed by atoms with van der Waals surface area (Å²) in [5, 5.41) is 13.1. The Morgan fingerprint density at radius 2 is 1.56 bits per heavy atom. The number of rotatable bonds is 9. The molecule has 5 atom stereocenters. The van der Waals surface area contributed by atoms with Gasteiger partial charge in [-0.3, -0.25) is 0 Å². The number of aromatic nitrogens is 1. The minimum Gasteiger partial charge on any atom is -0.386 e. The second kappa shape index (κ2) is 11.6. The van der Waals surface area contributed by atoms with Crippen molar-refractivity contribution in [2.24, 2.45) is 0 Å². The van der Waals surface area contributed by atoms with Gasteiger partial charge in [0.15, 0.2) is 6.23 Å². The maximum atomic E-state index is 11.5. The molecule has 0 bridgehead atoms. The second-order valence-electron chi connectivity index (χ2n) is 8.92. The zero-order chi connectivity index (χ0) is 24.9. The largest absolute Gasteiger partial charge is 0.386 e. The number of para-hydroxylation sites is 1. The smallest absolute Gasteiger partial charge is 0.163 e. The van der Waals surface area contributed by atoms with Gasteiger partial charge in [0, 0.05) is 18.7 Å². The summed E-state index contributed by atoms with van der Waals surface area (Å²) >= 11 is 6.55. The van der Waals surface area contributed by atoms with E-state index in [1.807, 2.05) is 95.7 Å². The maximum absolute atomic E-state index is 11.5. The molecular formula is C29H30ClNO5. The lowest BCUT2D eigenvalue weighted by Gasteiger charge is -2.44. The van der Waals surface area contributed by atoms with Gasteiger partial charge in [0.25, 0.3) is 0 Å². The monoisotopic (exact) mass is 507 g/mol. The SMILES string of the molecule is CO[C@H]1[C@H](OCc2ccccc2)[C@@H](O)[C@H](n2ccc3cccc(Cl)c32)O[C@@H]1COCc1ccccc1. The van der Waals surface area contributed by atoms with Crippen molar-refractivity contribution in [2.75, 3.05) is 13.7 Å². The molecule has 7 heteroatoms. The number of halogens is 1. The normalized spacial score (nSPS) is 24.2. The molecule has 36 heavy (non-hydrogen) atoms. The second-order valence-corrected chi connectivity index (χ2v) is 9.33. The molecule has 0 unspecified atom stereocenters. The number of benzene rings is 3. The van der Waals surface area contributed by atoms with Crippen LogP contribution in [-0.4, -0.2) is 47.8 Å². The molecule has 1 aliphatic rings. The van der Waals surface area contributed by atoms with Gasteiger partial charge in [-0.05, 0) is 23.3 Å². The molecular weight excluding hydrogens is 478 g/mol. The van der Waals surface area contributed by atoms with Crippen LogP contribution in [0, 0.1) is 0 Å². The zero-order valence-electron chi connectivity index (χ0n) is 20.1. The van der Waals surface area contributed by atoms with E-state index in [1.54, 1.807) is 7.11 Å². The highest BCUT2D eigenvalue weighted by atomic mass is 35.5. The van der Waals surface area contributed by atoms with Crippen molar-refractivity contribution < 1.29 is 24.1 Å². The number of aliphatic hydroxyl groups excluding tert-OH is 1. The standard InChI is InChI=1S/C29H30ClNO5/c1-33-27-24(19-34-17-20-9-4-2-5-10-20)36-29(31-16-15-22-13-8-14-23(30)25(22)31)26(32)28(27)35-18-21-11-6-3-7-12-21/h2-16,24,26-29,32H,17-19H2,1H3/t24-,26-,27-,28-,29-/m1/s1. The molecule has 0 aliphatic carbocycles. The van der Waals surface area contributed by atoms with E-state index in [0.717, 1.165) is 22.0 Å². The van der Waals surface area contributed by atoms with Crippen LogP contribution in [0.2, 0.25) is 5.02 Å². The van der Waals surface area contributed by atoms with E-state index in [9.17, 15) is 5.11 Å². The Kier molecular flexibility index (Phi) is 8.02. The predicted molar refractivity (Wildman–Crippen MR) is 139 cm³/mol. The number of hydrogen-bond donors (Lipinski definition) is 1. The van der Waals surface area contributed by atoms with Crippen LogP contribution in [0.4, 0.5) is 0 Å². The number of hydrogen-bond acceptors (Lipinski definition) is 5. The van der Waals surface area contributed by atoms with E-state index >= 15 is 0 Å². The molecule has 1 saturated heterocycles. The van der Waals surface area contributed by atoms with Gasteiger partial charge in [-0.2, -0.15) is 0 Å². The van der Waals surface area contributed by atoms with Crippen LogP contribution in [0.25, 0.3) is 10.9 Å².